The van der Waals surface area contributed by atoms with E-state index in [-0.39, 0.29) is 18.1 Å². The van der Waals surface area contributed by atoms with Crippen LogP contribution in [0, 0.1) is 0 Å². The van der Waals surface area contributed by atoms with Gasteiger partial charge in [-0.1, -0.05) is 26.8 Å². The second-order valence-corrected chi connectivity index (χ2v) is 7.41. The Labute approximate surface area is 122 Å². The zero-order valence-electron chi connectivity index (χ0n) is 11.5. The second-order valence-electron chi connectivity index (χ2n) is 5.52. The maximum atomic E-state index is 9.53. The van der Waals surface area contributed by atoms with Crippen molar-refractivity contribution in [3.8, 4) is 0 Å². The van der Waals surface area contributed by atoms with Crippen LogP contribution in [-0.2, 0) is 12.0 Å². The lowest BCUT2D eigenvalue weighted by Crippen LogP contribution is -2.24. The molecule has 0 spiro atoms. The van der Waals surface area contributed by atoms with Crippen LogP contribution in [-0.4, -0.2) is 16.7 Å². The Morgan fingerprint density at radius 3 is 2.68 bits per heavy atom. The summed E-state index contributed by atoms with van der Waals surface area (Å²) in [5.74, 6) is 0. The first-order valence-corrected chi connectivity index (χ1v) is 8.09. The molecule has 0 bridgehead atoms. The topological polar surface area (TPSA) is 45.2 Å². The van der Waals surface area contributed by atoms with Gasteiger partial charge in [-0.25, -0.2) is 4.98 Å². The van der Waals surface area contributed by atoms with Gasteiger partial charge in [-0.15, -0.1) is 22.7 Å². The molecule has 2 aromatic heterocycles. The van der Waals surface area contributed by atoms with Gasteiger partial charge in [-0.2, -0.15) is 0 Å². The van der Waals surface area contributed by atoms with Crippen molar-refractivity contribution >= 4 is 22.7 Å². The third-order valence-electron chi connectivity index (χ3n) is 2.81. The molecule has 0 aliphatic rings. The number of hydrogen-bond acceptors (Lipinski definition) is 5. The molecule has 0 aromatic carbocycles. The van der Waals surface area contributed by atoms with Crippen molar-refractivity contribution in [1.29, 1.82) is 0 Å². The molecule has 0 fully saturated rings. The van der Waals surface area contributed by atoms with E-state index in [0.29, 0.717) is 0 Å². The van der Waals surface area contributed by atoms with Crippen molar-refractivity contribution in [1.82, 2.24) is 10.3 Å². The van der Waals surface area contributed by atoms with E-state index in [2.05, 4.69) is 42.5 Å². The molecule has 2 rings (SSSR count). The van der Waals surface area contributed by atoms with E-state index in [0.717, 1.165) is 17.2 Å². The molecule has 0 saturated carbocycles. The SMILES string of the molecule is CC(C)(C)c1nc(C(CO)NCc2cccs2)cs1. The summed E-state index contributed by atoms with van der Waals surface area (Å²) in [7, 11) is 0. The number of hydrogen-bond donors (Lipinski definition) is 2. The van der Waals surface area contributed by atoms with Gasteiger partial charge in [0.25, 0.3) is 0 Å². The highest BCUT2D eigenvalue weighted by Gasteiger charge is 2.21. The van der Waals surface area contributed by atoms with E-state index in [1.807, 2.05) is 11.4 Å². The van der Waals surface area contributed by atoms with Gasteiger partial charge < -0.3 is 10.4 Å². The van der Waals surface area contributed by atoms with Crippen molar-refractivity contribution in [2.75, 3.05) is 6.61 Å². The molecular weight excluding hydrogens is 276 g/mol. The molecule has 0 saturated heterocycles. The van der Waals surface area contributed by atoms with Crippen molar-refractivity contribution in [3.05, 3.63) is 38.5 Å². The quantitative estimate of drug-likeness (QED) is 0.889. The lowest BCUT2D eigenvalue weighted by molar-refractivity contribution is 0.241. The first kappa shape index (κ1) is 14.7. The summed E-state index contributed by atoms with van der Waals surface area (Å²) in [6.45, 7) is 7.30. The number of aliphatic hydroxyl groups is 1. The average molecular weight is 296 g/mol. The summed E-state index contributed by atoms with van der Waals surface area (Å²) in [5, 5.41) is 18.1. The largest absolute Gasteiger partial charge is 0.394 e. The van der Waals surface area contributed by atoms with Crippen LogP contribution in [0.2, 0.25) is 0 Å². The molecule has 3 nitrogen and oxygen atoms in total. The van der Waals surface area contributed by atoms with E-state index in [1.54, 1.807) is 22.7 Å². The standard InChI is InChI=1S/C14H20N2OS2/c1-14(2,3)13-16-12(9-19-13)11(8-17)15-7-10-5-4-6-18-10/h4-6,9,11,15,17H,7-8H2,1-3H3. The summed E-state index contributed by atoms with van der Waals surface area (Å²) in [4.78, 5) is 5.92. The van der Waals surface area contributed by atoms with E-state index in [1.165, 1.54) is 4.88 Å². The van der Waals surface area contributed by atoms with Crippen LogP contribution in [0.4, 0.5) is 0 Å². The van der Waals surface area contributed by atoms with E-state index < -0.39 is 0 Å². The first-order valence-electron chi connectivity index (χ1n) is 6.33. The molecular formula is C14H20N2OS2. The molecule has 104 valence electrons. The zero-order chi connectivity index (χ0) is 13.9. The molecule has 0 radical (unpaired) electrons. The molecule has 1 unspecified atom stereocenters. The highest BCUT2D eigenvalue weighted by Crippen LogP contribution is 2.27. The summed E-state index contributed by atoms with van der Waals surface area (Å²) in [6.07, 6.45) is 0. The lowest BCUT2D eigenvalue weighted by Gasteiger charge is -2.15. The smallest absolute Gasteiger partial charge is 0.0982 e. The predicted octanol–water partition coefficient (Wildman–Crippen LogP) is 3.33. The maximum Gasteiger partial charge on any atom is 0.0982 e. The molecule has 5 heteroatoms. The lowest BCUT2D eigenvalue weighted by atomic mass is 9.98. The van der Waals surface area contributed by atoms with Gasteiger partial charge >= 0.3 is 0 Å². The Balaban J connectivity index is 2.03. The highest BCUT2D eigenvalue weighted by molar-refractivity contribution is 7.10. The Kier molecular flexibility index (Phi) is 4.73. The Hall–Kier alpha value is -0.750. The maximum absolute atomic E-state index is 9.53. The molecule has 0 aliphatic carbocycles. The summed E-state index contributed by atoms with van der Waals surface area (Å²) < 4.78 is 0. The van der Waals surface area contributed by atoms with Crippen LogP contribution >= 0.6 is 22.7 Å². The molecule has 0 aliphatic heterocycles. The van der Waals surface area contributed by atoms with Crippen LogP contribution in [0.25, 0.3) is 0 Å². The minimum Gasteiger partial charge on any atom is -0.394 e. The van der Waals surface area contributed by atoms with Gasteiger partial charge in [0, 0.05) is 22.2 Å². The minimum absolute atomic E-state index is 0.0661. The number of aliphatic hydroxyl groups excluding tert-OH is 1. The van der Waals surface area contributed by atoms with Crippen molar-refractivity contribution in [3.63, 3.8) is 0 Å². The van der Waals surface area contributed by atoms with Gasteiger partial charge in [-0.05, 0) is 11.4 Å². The van der Waals surface area contributed by atoms with Gasteiger partial charge in [0.05, 0.1) is 23.4 Å². The van der Waals surface area contributed by atoms with Gasteiger partial charge in [-0.3, -0.25) is 0 Å². The third kappa shape index (κ3) is 3.86. The fraction of sp³-hybridized carbons (Fsp3) is 0.500. The summed E-state index contributed by atoms with van der Waals surface area (Å²) >= 11 is 3.38. The molecule has 0 amide bonds. The second kappa shape index (κ2) is 6.13. The number of thiophene rings is 1. The van der Waals surface area contributed by atoms with Gasteiger partial charge in [0.15, 0.2) is 0 Å². The van der Waals surface area contributed by atoms with Crippen molar-refractivity contribution < 1.29 is 5.11 Å². The van der Waals surface area contributed by atoms with Crippen LogP contribution in [0.15, 0.2) is 22.9 Å². The molecule has 2 N–H and O–H groups in total. The molecule has 1 atom stereocenters. The van der Waals surface area contributed by atoms with Crippen LogP contribution < -0.4 is 5.32 Å². The molecule has 19 heavy (non-hydrogen) atoms. The molecule has 2 aromatic rings. The van der Waals surface area contributed by atoms with Gasteiger partial charge in [0.2, 0.25) is 0 Å². The predicted molar refractivity (Wildman–Crippen MR) is 81.8 cm³/mol. The monoisotopic (exact) mass is 296 g/mol. The third-order valence-corrected chi connectivity index (χ3v) is 4.97. The summed E-state index contributed by atoms with van der Waals surface area (Å²) in [5.41, 5.74) is 1.01. The zero-order valence-corrected chi connectivity index (χ0v) is 13.1. The minimum atomic E-state index is -0.0885. The number of nitrogens with zero attached hydrogens (tertiary/aromatic N) is 1. The van der Waals surface area contributed by atoms with Crippen LogP contribution in [0.1, 0.15) is 42.4 Å². The van der Waals surface area contributed by atoms with E-state index >= 15 is 0 Å². The number of aromatic nitrogens is 1. The van der Waals surface area contributed by atoms with E-state index in [4.69, 9.17) is 0 Å². The first-order chi connectivity index (χ1) is 9.00. The van der Waals surface area contributed by atoms with Crippen LogP contribution in [0.3, 0.4) is 0 Å². The number of thiazole rings is 1. The fourth-order valence-corrected chi connectivity index (χ4v) is 3.31. The molecule has 2 heterocycles. The van der Waals surface area contributed by atoms with Crippen molar-refractivity contribution in [2.24, 2.45) is 0 Å². The Bertz CT molecular complexity index is 500. The summed E-state index contributed by atoms with van der Waals surface area (Å²) in [6, 6.07) is 4.04. The Morgan fingerprint density at radius 2 is 2.16 bits per heavy atom. The normalized spacial score (nSPS) is 13.7. The Morgan fingerprint density at radius 1 is 1.37 bits per heavy atom. The average Bonchev–Trinajstić information content (AvgIpc) is 2.98. The number of rotatable bonds is 5. The number of nitrogens with one attached hydrogen (secondary N) is 1. The van der Waals surface area contributed by atoms with Gasteiger partial charge in [0.1, 0.15) is 0 Å². The van der Waals surface area contributed by atoms with E-state index in [9.17, 15) is 5.11 Å². The fourth-order valence-electron chi connectivity index (χ4n) is 1.69. The van der Waals surface area contributed by atoms with Crippen molar-refractivity contribution in [2.45, 2.75) is 38.8 Å². The highest BCUT2D eigenvalue weighted by atomic mass is 32.1. The van der Waals surface area contributed by atoms with Crippen LogP contribution in [0.5, 0.6) is 0 Å².